The summed E-state index contributed by atoms with van der Waals surface area (Å²) in [6.07, 6.45) is 4.15. The number of carbonyl (C=O) groups is 1. The van der Waals surface area contributed by atoms with Crippen LogP contribution in [0.3, 0.4) is 0 Å². The molecule has 0 saturated carbocycles. The molecular formula is C20H18Cl3N5O. The van der Waals surface area contributed by atoms with Crippen LogP contribution in [-0.2, 0) is 0 Å². The van der Waals surface area contributed by atoms with E-state index in [0.717, 1.165) is 6.42 Å². The second-order valence-electron chi connectivity index (χ2n) is 6.12. The Morgan fingerprint density at radius 3 is 2.69 bits per heavy atom. The van der Waals surface area contributed by atoms with Crippen molar-refractivity contribution >= 4 is 63.5 Å². The normalized spacial score (nSPS) is 12.7. The molecule has 3 rings (SSSR count). The number of halogens is 3. The number of pyridine rings is 1. The molecule has 0 bridgehead atoms. The third kappa shape index (κ3) is 5.29. The number of nitrogens with one attached hydrogen (secondary N) is 3. The summed E-state index contributed by atoms with van der Waals surface area (Å²) in [6.45, 7) is 3.72. The Hall–Kier alpha value is -2.54. The van der Waals surface area contributed by atoms with Gasteiger partial charge in [0, 0.05) is 21.8 Å². The number of aromatic nitrogens is 3. The lowest BCUT2D eigenvalue weighted by Crippen LogP contribution is -2.12. The standard InChI is InChI=1S/C20H18Cl3N5O/c1-3-4-14(23)18(11(2)21)28-20-25-15-6-5-12(9-16(15)26-20)19(29)27-17-10-13(22)7-8-24-17/h4-10H,3H2,1-2H3,(H,24,27,29)(H2,25,26,28)/b14-4+,18-11-. The molecule has 29 heavy (non-hydrogen) atoms. The van der Waals surface area contributed by atoms with Crippen molar-refractivity contribution in [2.75, 3.05) is 10.6 Å². The van der Waals surface area contributed by atoms with Crippen molar-refractivity contribution in [3.8, 4) is 0 Å². The average molecular weight is 451 g/mol. The lowest BCUT2D eigenvalue weighted by molar-refractivity contribution is 0.102. The number of nitrogens with zero attached hydrogens (tertiary/aromatic N) is 2. The number of benzene rings is 1. The molecule has 3 N–H and O–H groups in total. The molecule has 0 aliphatic carbocycles. The van der Waals surface area contributed by atoms with Crippen LogP contribution in [0.25, 0.3) is 11.0 Å². The molecular weight excluding hydrogens is 433 g/mol. The summed E-state index contributed by atoms with van der Waals surface area (Å²) in [5, 5.41) is 7.32. The third-order valence-corrected chi connectivity index (χ3v) is 4.69. The largest absolute Gasteiger partial charge is 0.324 e. The highest BCUT2D eigenvalue weighted by molar-refractivity contribution is 6.35. The molecule has 1 amide bonds. The van der Waals surface area contributed by atoms with Crippen molar-refractivity contribution in [1.29, 1.82) is 0 Å². The Balaban J connectivity index is 1.83. The van der Waals surface area contributed by atoms with Gasteiger partial charge in [0.2, 0.25) is 5.95 Å². The van der Waals surface area contributed by atoms with Crippen LogP contribution in [0.15, 0.2) is 58.4 Å². The van der Waals surface area contributed by atoms with Gasteiger partial charge in [0.1, 0.15) is 5.82 Å². The molecule has 0 aliphatic heterocycles. The summed E-state index contributed by atoms with van der Waals surface area (Å²) in [7, 11) is 0. The number of hydrogen-bond acceptors (Lipinski definition) is 4. The van der Waals surface area contributed by atoms with Crippen LogP contribution >= 0.6 is 34.8 Å². The number of fused-ring (bicyclic) bond motifs is 1. The highest BCUT2D eigenvalue weighted by atomic mass is 35.5. The van der Waals surface area contributed by atoms with Gasteiger partial charge in [-0.05, 0) is 43.7 Å². The highest BCUT2D eigenvalue weighted by Gasteiger charge is 2.12. The van der Waals surface area contributed by atoms with Gasteiger partial charge in [-0.15, -0.1) is 0 Å². The van der Waals surface area contributed by atoms with Crippen molar-refractivity contribution in [3.63, 3.8) is 0 Å². The summed E-state index contributed by atoms with van der Waals surface area (Å²) >= 11 is 18.4. The number of carbonyl (C=O) groups excluding carboxylic acids is 1. The van der Waals surface area contributed by atoms with E-state index < -0.39 is 0 Å². The van der Waals surface area contributed by atoms with Crippen molar-refractivity contribution < 1.29 is 4.79 Å². The predicted molar refractivity (Wildman–Crippen MR) is 120 cm³/mol. The first-order valence-electron chi connectivity index (χ1n) is 8.79. The van der Waals surface area contributed by atoms with E-state index >= 15 is 0 Å². The van der Waals surface area contributed by atoms with E-state index in [1.165, 1.54) is 6.20 Å². The SMILES string of the molecule is CC/C=C(Cl)\C(Nc1nc2ccc(C(=O)Nc3cc(Cl)ccn3)cc2[nH]1)=C(/C)Cl. The predicted octanol–water partition coefficient (Wildman–Crippen LogP) is 6.28. The van der Waals surface area contributed by atoms with E-state index in [-0.39, 0.29) is 5.91 Å². The van der Waals surface area contributed by atoms with Crippen molar-refractivity contribution in [2.45, 2.75) is 20.3 Å². The maximum Gasteiger partial charge on any atom is 0.256 e. The fourth-order valence-corrected chi connectivity index (χ4v) is 3.28. The molecule has 0 radical (unpaired) electrons. The number of H-pyrrole nitrogens is 1. The summed E-state index contributed by atoms with van der Waals surface area (Å²) in [6, 6.07) is 8.34. The lowest BCUT2D eigenvalue weighted by atomic mass is 10.2. The summed E-state index contributed by atoms with van der Waals surface area (Å²) in [5.41, 5.74) is 2.38. The molecule has 1 aromatic carbocycles. The van der Waals surface area contributed by atoms with Gasteiger partial charge in [0.15, 0.2) is 0 Å². The molecule has 0 aliphatic rings. The molecule has 6 nitrogen and oxygen atoms in total. The van der Waals surface area contributed by atoms with E-state index in [1.54, 1.807) is 37.3 Å². The van der Waals surface area contributed by atoms with Gasteiger partial charge in [0.05, 0.1) is 21.8 Å². The first-order chi connectivity index (χ1) is 13.9. The van der Waals surface area contributed by atoms with E-state index in [1.807, 2.05) is 13.0 Å². The van der Waals surface area contributed by atoms with Crippen LogP contribution in [-0.4, -0.2) is 20.9 Å². The average Bonchev–Trinajstić information content (AvgIpc) is 3.07. The first kappa shape index (κ1) is 21.2. The summed E-state index contributed by atoms with van der Waals surface area (Å²) in [5.74, 6) is 0.530. The lowest BCUT2D eigenvalue weighted by Gasteiger charge is -2.08. The molecule has 0 atom stereocenters. The van der Waals surface area contributed by atoms with Gasteiger partial charge in [-0.2, -0.15) is 0 Å². The van der Waals surface area contributed by atoms with Gasteiger partial charge < -0.3 is 15.6 Å². The number of hydrogen-bond donors (Lipinski definition) is 3. The Bertz CT molecular complexity index is 1120. The highest BCUT2D eigenvalue weighted by Crippen LogP contribution is 2.25. The zero-order chi connectivity index (χ0) is 21.0. The molecule has 0 unspecified atom stereocenters. The van der Waals surface area contributed by atoms with E-state index in [0.29, 0.717) is 49.1 Å². The molecule has 0 spiro atoms. The van der Waals surface area contributed by atoms with Crippen LogP contribution in [0, 0.1) is 0 Å². The minimum absolute atomic E-state index is 0.308. The number of amides is 1. The van der Waals surface area contributed by atoms with E-state index in [4.69, 9.17) is 34.8 Å². The van der Waals surface area contributed by atoms with Crippen molar-refractivity contribution in [3.05, 3.63) is 69.0 Å². The third-order valence-electron chi connectivity index (χ3n) is 3.92. The molecule has 3 aromatic rings. The number of aromatic amines is 1. The Labute approximate surface area is 183 Å². The van der Waals surface area contributed by atoms with Gasteiger partial charge >= 0.3 is 0 Å². The van der Waals surface area contributed by atoms with Crippen molar-refractivity contribution in [2.24, 2.45) is 0 Å². The summed E-state index contributed by atoms with van der Waals surface area (Å²) in [4.78, 5) is 24.2. The summed E-state index contributed by atoms with van der Waals surface area (Å²) < 4.78 is 0. The monoisotopic (exact) mass is 449 g/mol. The Kier molecular flexibility index (Phi) is 6.79. The number of rotatable bonds is 6. The zero-order valence-corrected chi connectivity index (χ0v) is 18.0. The minimum atomic E-state index is -0.308. The number of anilines is 2. The fourth-order valence-electron chi connectivity index (χ4n) is 2.58. The molecule has 0 fully saturated rings. The fraction of sp³-hybridized carbons (Fsp3) is 0.150. The zero-order valence-electron chi connectivity index (χ0n) is 15.7. The molecule has 9 heteroatoms. The smallest absolute Gasteiger partial charge is 0.256 e. The van der Waals surface area contributed by atoms with Gasteiger partial charge in [-0.25, -0.2) is 9.97 Å². The van der Waals surface area contributed by atoms with Gasteiger partial charge in [-0.3, -0.25) is 4.79 Å². The molecule has 2 aromatic heterocycles. The second kappa shape index (κ2) is 9.31. The maximum absolute atomic E-state index is 12.5. The number of imidazole rings is 1. The number of allylic oxidation sites excluding steroid dienone is 3. The van der Waals surface area contributed by atoms with Crippen LogP contribution < -0.4 is 10.6 Å². The Morgan fingerprint density at radius 1 is 1.21 bits per heavy atom. The topological polar surface area (TPSA) is 82.7 Å². The van der Waals surface area contributed by atoms with Crippen LogP contribution in [0.4, 0.5) is 11.8 Å². The first-order valence-corrected chi connectivity index (χ1v) is 9.93. The van der Waals surface area contributed by atoms with E-state index in [2.05, 4.69) is 25.6 Å². The van der Waals surface area contributed by atoms with E-state index in [9.17, 15) is 4.79 Å². The quantitative estimate of drug-likeness (QED) is 0.386. The van der Waals surface area contributed by atoms with Gasteiger partial charge in [-0.1, -0.05) is 47.8 Å². The van der Waals surface area contributed by atoms with Crippen LogP contribution in [0.1, 0.15) is 30.6 Å². The Morgan fingerprint density at radius 2 is 2.00 bits per heavy atom. The van der Waals surface area contributed by atoms with Crippen molar-refractivity contribution in [1.82, 2.24) is 15.0 Å². The maximum atomic E-state index is 12.5. The molecule has 0 saturated heterocycles. The second-order valence-corrected chi connectivity index (χ2v) is 7.54. The molecule has 150 valence electrons. The molecule has 2 heterocycles. The minimum Gasteiger partial charge on any atom is -0.324 e. The van der Waals surface area contributed by atoms with Crippen LogP contribution in [0.2, 0.25) is 5.02 Å². The van der Waals surface area contributed by atoms with Crippen LogP contribution in [0.5, 0.6) is 0 Å². The van der Waals surface area contributed by atoms with Gasteiger partial charge in [0.25, 0.3) is 5.91 Å².